The van der Waals surface area contributed by atoms with Crippen molar-refractivity contribution in [3.8, 4) is 0 Å². The van der Waals surface area contributed by atoms with Crippen molar-refractivity contribution in [1.82, 2.24) is 5.32 Å². The summed E-state index contributed by atoms with van der Waals surface area (Å²) >= 11 is 0. The first-order valence-corrected chi connectivity index (χ1v) is 5.66. The van der Waals surface area contributed by atoms with E-state index in [4.69, 9.17) is 4.74 Å². The molecule has 0 radical (unpaired) electrons. The fraction of sp³-hybridized carbons (Fsp3) is 0.357. The molecular weight excluding hydrogens is 214 g/mol. The third-order valence-electron chi connectivity index (χ3n) is 2.31. The topological polar surface area (TPSA) is 38.3 Å². The highest BCUT2D eigenvalue weighted by atomic mass is 16.5. The minimum atomic E-state index is -0.102. The molecule has 0 aliphatic heterocycles. The second-order valence-corrected chi connectivity index (χ2v) is 4.11. The van der Waals surface area contributed by atoms with E-state index in [1.54, 1.807) is 13.2 Å². The van der Waals surface area contributed by atoms with Crippen LogP contribution in [0.1, 0.15) is 18.1 Å². The number of amides is 1. The van der Waals surface area contributed by atoms with Crippen molar-refractivity contribution in [1.29, 1.82) is 0 Å². The standard InChI is InChI=1S/C14H19NO2/c1-11-4-6-13(7-5-11)8-9-14(16)15-12(2)10-17-3/h4-9,12H,10H2,1-3H3,(H,15,16)/b9-8+/t12-/m1/s1. The van der Waals surface area contributed by atoms with Gasteiger partial charge in [0.05, 0.1) is 6.61 Å². The van der Waals surface area contributed by atoms with Crippen molar-refractivity contribution in [3.63, 3.8) is 0 Å². The number of hydrogen-bond donors (Lipinski definition) is 1. The maximum absolute atomic E-state index is 11.5. The molecule has 0 aliphatic carbocycles. The zero-order valence-corrected chi connectivity index (χ0v) is 10.6. The van der Waals surface area contributed by atoms with E-state index < -0.39 is 0 Å². The molecule has 1 N–H and O–H groups in total. The van der Waals surface area contributed by atoms with Gasteiger partial charge in [0.1, 0.15) is 0 Å². The Balaban J connectivity index is 2.47. The number of methoxy groups -OCH3 is 1. The fourth-order valence-electron chi connectivity index (χ4n) is 1.43. The Labute approximate surface area is 102 Å². The van der Waals surface area contributed by atoms with Gasteiger partial charge >= 0.3 is 0 Å². The Bertz CT molecular complexity index is 382. The van der Waals surface area contributed by atoms with Crippen LogP contribution in [0.3, 0.4) is 0 Å². The Morgan fingerprint density at radius 2 is 2.06 bits per heavy atom. The monoisotopic (exact) mass is 233 g/mol. The van der Waals surface area contributed by atoms with Gasteiger partial charge in [0.2, 0.25) is 5.91 Å². The number of benzene rings is 1. The zero-order chi connectivity index (χ0) is 12.7. The third kappa shape index (κ3) is 5.31. The molecule has 0 aromatic heterocycles. The quantitative estimate of drug-likeness (QED) is 0.791. The van der Waals surface area contributed by atoms with E-state index in [1.807, 2.05) is 38.1 Å². The second-order valence-electron chi connectivity index (χ2n) is 4.11. The summed E-state index contributed by atoms with van der Waals surface area (Å²) in [6.45, 7) is 4.46. The fourth-order valence-corrected chi connectivity index (χ4v) is 1.43. The number of aryl methyl sites for hydroxylation is 1. The lowest BCUT2D eigenvalue weighted by atomic mass is 10.1. The molecule has 0 saturated heterocycles. The lowest BCUT2D eigenvalue weighted by Crippen LogP contribution is -2.34. The van der Waals surface area contributed by atoms with Crippen molar-refractivity contribution < 1.29 is 9.53 Å². The lowest BCUT2D eigenvalue weighted by Gasteiger charge is -2.10. The van der Waals surface area contributed by atoms with Gasteiger partial charge in [-0.15, -0.1) is 0 Å². The average Bonchev–Trinajstić information content (AvgIpc) is 2.28. The maximum atomic E-state index is 11.5. The molecule has 0 aliphatic rings. The molecule has 3 nitrogen and oxygen atoms in total. The summed E-state index contributed by atoms with van der Waals surface area (Å²) in [5.74, 6) is -0.102. The molecule has 0 spiro atoms. The molecule has 1 aromatic carbocycles. The van der Waals surface area contributed by atoms with Crippen LogP contribution in [-0.2, 0) is 9.53 Å². The Morgan fingerprint density at radius 1 is 1.41 bits per heavy atom. The van der Waals surface area contributed by atoms with Crippen molar-refractivity contribution in [3.05, 3.63) is 41.5 Å². The summed E-state index contributed by atoms with van der Waals surface area (Å²) < 4.78 is 4.94. The SMILES string of the molecule is COC[C@@H](C)NC(=O)/C=C/c1ccc(C)cc1. The second kappa shape index (κ2) is 6.86. The average molecular weight is 233 g/mol. The highest BCUT2D eigenvalue weighted by molar-refractivity contribution is 5.91. The van der Waals surface area contributed by atoms with Gasteiger partial charge in [-0.05, 0) is 25.5 Å². The van der Waals surface area contributed by atoms with E-state index in [9.17, 15) is 4.79 Å². The largest absolute Gasteiger partial charge is 0.383 e. The van der Waals surface area contributed by atoms with Gasteiger partial charge < -0.3 is 10.1 Å². The van der Waals surface area contributed by atoms with Crippen molar-refractivity contribution in [2.24, 2.45) is 0 Å². The molecule has 92 valence electrons. The zero-order valence-electron chi connectivity index (χ0n) is 10.6. The van der Waals surface area contributed by atoms with Gasteiger partial charge in [0.25, 0.3) is 0 Å². The molecule has 1 aromatic rings. The Hall–Kier alpha value is -1.61. The van der Waals surface area contributed by atoms with Crippen LogP contribution in [0.25, 0.3) is 6.08 Å². The highest BCUT2D eigenvalue weighted by Gasteiger charge is 2.02. The first-order valence-electron chi connectivity index (χ1n) is 5.66. The predicted molar refractivity (Wildman–Crippen MR) is 69.7 cm³/mol. The molecule has 0 heterocycles. The summed E-state index contributed by atoms with van der Waals surface area (Å²) in [4.78, 5) is 11.5. The lowest BCUT2D eigenvalue weighted by molar-refractivity contribution is -0.117. The van der Waals surface area contributed by atoms with Crippen LogP contribution >= 0.6 is 0 Å². The molecular formula is C14H19NO2. The number of nitrogens with one attached hydrogen (secondary N) is 1. The minimum absolute atomic E-state index is 0.0233. The molecule has 3 heteroatoms. The van der Waals surface area contributed by atoms with Crippen LogP contribution in [0.2, 0.25) is 0 Å². The number of carbonyl (C=O) groups excluding carboxylic acids is 1. The summed E-state index contributed by atoms with van der Waals surface area (Å²) in [6, 6.07) is 8.03. The minimum Gasteiger partial charge on any atom is -0.383 e. The van der Waals surface area contributed by atoms with Crippen LogP contribution in [0.4, 0.5) is 0 Å². The number of carbonyl (C=O) groups is 1. The van der Waals surface area contributed by atoms with E-state index in [2.05, 4.69) is 5.32 Å². The van der Waals surface area contributed by atoms with Gasteiger partial charge in [0.15, 0.2) is 0 Å². The van der Waals surface area contributed by atoms with Crippen LogP contribution in [-0.4, -0.2) is 25.7 Å². The summed E-state index contributed by atoms with van der Waals surface area (Å²) in [5, 5.41) is 2.81. The molecule has 17 heavy (non-hydrogen) atoms. The highest BCUT2D eigenvalue weighted by Crippen LogP contribution is 2.04. The first kappa shape index (κ1) is 13.5. The Morgan fingerprint density at radius 3 is 2.65 bits per heavy atom. The van der Waals surface area contributed by atoms with Gasteiger partial charge in [-0.25, -0.2) is 0 Å². The predicted octanol–water partition coefficient (Wildman–Crippen LogP) is 2.16. The van der Waals surface area contributed by atoms with Crippen LogP contribution in [0.5, 0.6) is 0 Å². The smallest absolute Gasteiger partial charge is 0.244 e. The summed E-state index contributed by atoms with van der Waals surface area (Å²) in [6.07, 6.45) is 3.34. The Kier molecular flexibility index (Phi) is 5.43. The van der Waals surface area contributed by atoms with E-state index >= 15 is 0 Å². The first-order chi connectivity index (χ1) is 8.11. The molecule has 1 amide bonds. The molecule has 0 unspecified atom stereocenters. The third-order valence-corrected chi connectivity index (χ3v) is 2.31. The molecule has 0 fully saturated rings. The van der Waals surface area contributed by atoms with Gasteiger partial charge in [-0.3, -0.25) is 4.79 Å². The van der Waals surface area contributed by atoms with E-state index in [0.717, 1.165) is 5.56 Å². The number of ether oxygens (including phenoxy) is 1. The molecule has 1 atom stereocenters. The summed E-state index contributed by atoms with van der Waals surface area (Å²) in [5.41, 5.74) is 2.23. The van der Waals surface area contributed by atoms with Crippen molar-refractivity contribution >= 4 is 12.0 Å². The van der Waals surface area contributed by atoms with Gasteiger partial charge in [0, 0.05) is 19.2 Å². The van der Waals surface area contributed by atoms with E-state index in [1.165, 1.54) is 11.6 Å². The van der Waals surface area contributed by atoms with Crippen LogP contribution < -0.4 is 5.32 Å². The molecule has 1 rings (SSSR count). The molecule has 0 saturated carbocycles. The van der Waals surface area contributed by atoms with Gasteiger partial charge in [-0.2, -0.15) is 0 Å². The van der Waals surface area contributed by atoms with Crippen LogP contribution in [0, 0.1) is 6.92 Å². The normalized spacial score (nSPS) is 12.6. The van der Waals surface area contributed by atoms with Crippen LogP contribution in [0.15, 0.2) is 30.3 Å². The number of rotatable bonds is 5. The van der Waals surface area contributed by atoms with E-state index in [-0.39, 0.29) is 11.9 Å². The van der Waals surface area contributed by atoms with Gasteiger partial charge in [-0.1, -0.05) is 29.8 Å². The van der Waals surface area contributed by atoms with Crippen molar-refractivity contribution in [2.45, 2.75) is 19.9 Å². The summed E-state index contributed by atoms with van der Waals surface area (Å²) in [7, 11) is 1.62. The van der Waals surface area contributed by atoms with Crippen molar-refractivity contribution in [2.75, 3.05) is 13.7 Å². The number of hydrogen-bond acceptors (Lipinski definition) is 2. The van der Waals surface area contributed by atoms with E-state index in [0.29, 0.717) is 6.61 Å². The maximum Gasteiger partial charge on any atom is 0.244 e. The molecule has 0 bridgehead atoms.